The number of aryl methyl sites for hydroxylation is 1. The van der Waals surface area contributed by atoms with Gasteiger partial charge < -0.3 is 14.2 Å². The second kappa shape index (κ2) is 12.8. The Morgan fingerprint density at radius 3 is 1.09 bits per heavy atom. The zero-order chi connectivity index (χ0) is 30.5. The van der Waals surface area contributed by atoms with Crippen LogP contribution in [0.5, 0.6) is 0 Å². The van der Waals surface area contributed by atoms with Crippen LogP contribution in [0.15, 0.2) is 158 Å². The van der Waals surface area contributed by atoms with E-state index >= 15 is 0 Å². The normalized spacial score (nSPS) is 11.3. The minimum Gasteiger partial charge on any atom is -0.416 e. The van der Waals surface area contributed by atoms with E-state index in [1.54, 1.807) is 0 Å². The SMILES string of the molecule is CO[Si](C)(C)c1ccc(N(c2ccccc2)c2ccc(-c3ccc(N(c4ccccc4)c4ccc(C)cc4)cc3)cc2)cc1. The van der Waals surface area contributed by atoms with Gasteiger partial charge in [-0.3, -0.25) is 0 Å². The molecule has 4 heteroatoms. The van der Waals surface area contributed by atoms with Gasteiger partial charge in [-0.25, -0.2) is 0 Å². The van der Waals surface area contributed by atoms with Crippen LogP contribution in [0, 0.1) is 6.92 Å². The Hall–Kier alpha value is -4.90. The number of hydrogen-bond donors (Lipinski definition) is 0. The van der Waals surface area contributed by atoms with Gasteiger partial charge in [0.25, 0.3) is 0 Å². The fraction of sp³-hybridized carbons (Fsp3) is 0.100. The van der Waals surface area contributed by atoms with Gasteiger partial charge in [0.05, 0.1) is 0 Å². The maximum atomic E-state index is 5.84. The molecule has 0 N–H and O–H groups in total. The number of hydrogen-bond acceptors (Lipinski definition) is 3. The van der Waals surface area contributed by atoms with Crippen molar-refractivity contribution in [2.75, 3.05) is 16.9 Å². The monoisotopic (exact) mass is 590 g/mol. The van der Waals surface area contributed by atoms with Crippen LogP contribution in [0.3, 0.4) is 0 Å². The van der Waals surface area contributed by atoms with Crippen molar-refractivity contribution in [3.8, 4) is 11.1 Å². The largest absolute Gasteiger partial charge is 0.416 e. The molecule has 0 atom stereocenters. The first-order chi connectivity index (χ1) is 21.4. The van der Waals surface area contributed by atoms with Crippen molar-refractivity contribution < 1.29 is 4.43 Å². The average molecular weight is 591 g/mol. The van der Waals surface area contributed by atoms with Gasteiger partial charge in [-0.1, -0.05) is 90.5 Å². The minimum absolute atomic E-state index is 1.11. The molecule has 0 bridgehead atoms. The predicted octanol–water partition coefficient (Wildman–Crippen LogP) is 10.7. The van der Waals surface area contributed by atoms with Crippen LogP contribution in [0.25, 0.3) is 11.1 Å². The lowest BCUT2D eigenvalue weighted by Crippen LogP contribution is -2.43. The van der Waals surface area contributed by atoms with Crippen molar-refractivity contribution in [3.63, 3.8) is 0 Å². The summed E-state index contributed by atoms with van der Waals surface area (Å²) in [5, 5.41) is 1.28. The second-order valence-corrected chi connectivity index (χ2v) is 15.5. The molecule has 0 amide bonds. The highest BCUT2D eigenvalue weighted by atomic mass is 28.4. The fourth-order valence-electron chi connectivity index (χ4n) is 5.48. The van der Waals surface area contributed by atoms with Crippen LogP contribution >= 0.6 is 0 Å². The van der Waals surface area contributed by atoms with Crippen molar-refractivity contribution >= 4 is 47.6 Å². The molecule has 6 aromatic carbocycles. The van der Waals surface area contributed by atoms with Gasteiger partial charge in [0.2, 0.25) is 8.32 Å². The standard InChI is InChI=1S/C40H38N2OSi/c1-31-15-21-36(22-16-31)41(34-11-7-5-8-12-34)37-23-17-32(18-24-37)33-19-25-38(26-20-33)42(35-13-9-6-10-14-35)39-27-29-40(30-28-39)44(3,4)43-2/h5-30H,1-4H3. The molecule has 0 aliphatic carbocycles. The lowest BCUT2D eigenvalue weighted by atomic mass is 10.0. The summed E-state index contributed by atoms with van der Waals surface area (Å²) in [5.74, 6) is 0. The predicted molar refractivity (Wildman–Crippen MR) is 190 cm³/mol. The molecule has 0 saturated heterocycles. The highest BCUT2D eigenvalue weighted by molar-refractivity contribution is 6.84. The van der Waals surface area contributed by atoms with Crippen molar-refractivity contribution in [1.82, 2.24) is 0 Å². The summed E-state index contributed by atoms with van der Waals surface area (Å²) >= 11 is 0. The van der Waals surface area contributed by atoms with E-state index in [0.29, 0.717) is 0 Å². The zero-order valence-electron chi connectivity index (χ0n) is 25.8. The molecule has 0 saturated carbocycles. The zero-order valence-corrected chi connectivity index (χ0v) is 26.8. The van der Waals surface area contributed by atoms with Gasteiger partial charge >= 0.3 is 0 Å². The fourth-order valence-corrected chi connectivity index (χ4v) is 6.68. The molecule has 6 aromatic rings. The van der Waals surface area contributed by atoms with Crippen LogP contribution in [-0.2, 0) is 4.43 Å². The average Bonchev–Trinajstić information content (AvgIpc) is 3.08. The second-order valence-electron chi connectivity index (χ2n) is 11.5. The van der Waals surface area contributed by atoms with Gasteiger partial charge in [0.15, 0.2) is 0 Å². The van der Waals surface area contributed by atoms with E-state index in [-0.39, 0.29) is 0 Å². The molecule has 3 nitrogen and oxygen atoms in total. The summed E-state index contributed by atoms with van der Waals surface area (Å²) in [4.78, 5) is 4.60. The maximum Gasteiger partial charge on any atom is 0.217 e. The van der Waals surface area contributed by atoms with Crippen LogP contribution in [0.4, 0.5) is 34.1 Å². The van der Waals surface area contributed by atoms with Crippen molar-refractivity contribution in [2.24, 2.45) is 0 Å². The van der Waals surface area contributed by atoms with Crippen molar-refractivity contribution in [3.05, 3.63) is 163 Å². The lowest BCUT2D eigenvalue weighted by molar-refractivity contribution is 0.416. The van der Waals surface area contributed by atoms with E-state index in [9.17, 15) is 0 Å². The van der Waals surface area contributed by atoms with Crippen LogP contribution in [0.2, 0.25) is 13.1 Å². The van der Waals surface area contributed by atoms with Gasteiger partial charge in [0.1, 0.15) is 0 Å². The Balaban J connectivity index is 1.30. The van der Waals surface area contributed by atoms with Crippen LogP contribution < -0.4 is 15.0 Å². The van der Waals surface area contributed by atoms with Crippen LogP contribution in [-0.4, -0.2) is 15.4 Å². The molecule has 6 rings (SSSR count). The molecule has 0 radical (unpaired) electrons. The lowest BCUT2D eigenvalue weighted by Gasteiger charge is -2.27. The molecule has 44 heavy (non-hydrogen) atoms. The minimum atomic E-state index is -1.89. The van der Waals surface area contributed by atoms with Gasteiger partial charge in [-0.05, 0) is 109 Å². The smallest absolute Gasteiger partial charge is 0.217 e. The number of anilines is 6. The summed E-state index contributed by atoms with van der Waals surface area (Å²) < 4.78 is 5.84. The van der Waals surface area contributed by atoms with E-state index < -0.39 is 8.32 Å². The number of rotatable bonds is 9. The Morgan fingerprint density at radius 2 is 0.727 bits per heavy atom. The number of benzene rings is 6. The molecule has 0 fully saturated rings. The number of nitrogens with zero attached hydrogens (tertiary/aromatic N) is 2. The van der Waals surface area contributed by atoms with E-state index in [0.717, 1.165) is 34.1 Å². The molecular weight excluding hydrogens is 553 g/mol. The molecule has 0 aliphatic heterocycles. The van der Waals surface area contributed by atoms with E-state index in [2.05, 4.69) is 188 Å². The van der Waals surface area contributed by atoms with Gasteiger partial charge in [-0.15, -0.1) is 0 Å². The van der Waals surface area contributed by atoms with E-state index in [1.807, 2.05) is 7.11 Å². The van der Waals surface area contributed by atoms with Crippen molar-refractivity contribution in [1.29, 1.82) is 0 Å². The summed E-state index contributed by atoms with van der Waals surface area (Å²) in [5.41, 5.74) is 10.4. The van der Waals surface area contributed by atoms with Crippen LogP contribution in [0.1, 0.15) is 5.56 Å². The molecule has 0 aliphatic rings. The first-order valence-corrected chi connectivity index (χ1v) is 18.0. The number of para-hydroxylation sites is 2. The topological polar surface area (TPSA) is 15.7 Å². The third-order valence-corrected chi connectivity index (χ3v) is 11.0. The Labute approximate surface area is 262 Å². The maximum absolute atomic E-state index is 5.84. The highest BCUT2D eigenvalue weighted by Crippen LogP contribution is 2.37. The molecular formula is C40H38N2OSi. The van der Waals surface area contributed by atoms with Gasteiger partial charge in [-0.2, -0.15) is 0 Å². The Kier molecular flexibility index (Phi) is 8.46. The molecule has 0 heterocycles. The van der Waals surface area contributed by atoms with E-state index in [4.69, 9.17) is 4.43 Å². The molecule has 0 aromatic heterocycles. The highest BCUT2D eigenvalue weighted by Gasteiger charge is 2.24. The Morgan fingerprint density at radius 1 is 0.409 bits per heavy atom. The quantitative estimate of drug-likeness (QED) is 0.156. The molecule has 218 valence electrons. The van der Waals surface area contributed by atoms with E-state index in [1.165, 1.54) is 21.9 Å². The molecule has 0 unspecified atom stereocenters. The van der Waals surface area contributed by atoms with Crippen molar-refractivity contribution in [2.45, 2.75) is 20.0 Å². The van der Waals surface area contributed by atoms with Gasteiger partial charge in [0, 0.05) is 41.2 Å². The summed E-state index contributed by atoms with van der Waals surface area (Å²) in [6.45, 7) is 6.57. The molecule has 0 spiro atoms. The Bertz CT molecular complexity index is 1780. The first-order valence-electron chi connectivity index (χ1n) is 15.1. The first kappa shape index (κ1) is 29.2. The summed E-state index contributed by atoms with van der Waals surface area (Å²) in [7, 11) is -0.0742. The summed E-state index contributed by atoms with van der Waals surface area (Å²) in [6, 6.07) is 56.3. The third kappa shape index (κ3) is 6.23. The third-order valence-electron chi connectivity index (χ3n) is 8.24. The summed E-state index contributed by atoms with van der Waals surface area (Å²) in [6.07, 6.45) is 0.